The number of hydrogen-bond donors (Lipinski definition) is 3. The van der Waals surface area contributed by atoms with Crippen LogP contribution in [0.25, 0.3) is 0 Å². The summed E-state index contributed by atoms with van der Waals surface area (Å²) in [7, 11) is 0. The fraction of sp³-hybridized carbons (Fsp3) is 0.538. The lowest BCUT2D eigenvalue weighted by molar-refractivity contribution is -0.118. The van der Waals surface area contributed by atoms with E-state index in [1.54, 1.807) is 11.3 Å². The van der Waals surface area contributed by atoms with Crippen molar-refractivity contribution in [2.24, 2.45) is 4.99 Å². The van der Waals surface area contributed by atoms with Gasteiger partial charge in [0, 0.05) is 31.4 Å². The fourth-order valence-electron chi connectivity index (χ4n) is 1.48. The van der Waals surface area contributed by atoms with Crippen LogP contribution in [0.3, 0.4) is 0 Å². The van der Waals surface area contributed by atoms with Gasteiger partial charge in [-0.05, 0) is 30.9 Å². The molecule has 0 aromatic carbocycles. The number of thiophene rings is 1. The van der Waals surface area contributed by atoms with Crippen molar-refractivity contribution >= 4 is 23.2 Å². The van der Waals surface area contributed by atoms with Crippen LogP contribution >= 0.6 is 11.3 Å². The smallest absolute Gasteiger partial charge is 0.216 e. The molecule has 0 aliphatic heterocycles. The molecule has 1 aromatic rings. The van der Waals surface area contributed by atoms with E-state index >= 15 is 0 Å². The van der Waals surface area contributed by atoms with E-state index < -0.39 is 0 Å². The summed E-state index contributed by atoms with van der Waals surface area (Å²) in [4.78, 5) is 16.6. The number of aryl methyl sites for hydroxylation is 1. The van der Waals surface area contributed by atoms with E-state index in [1.807, 2.05) is 6.92 Å². The van der Waals surface area contributed by atoms with E-state index in [4.69, 9.17) is 0 Å². The molecule has 0 spiro atoms. The first-order valence-corrected chi connectivity index (χ1v) is 7.31. The quantitative estimate of drug-likeness (QED) is 0.418. The van der Waals surface area contributed by atoms with E-state index in [9.17, 15) is 4.79 Å². The molecule has 0 aliphatic carbocycles. The molecular weight excluding hydrogens is 260 g/mol. The van der Waals surface area contributed by atoms with Crippen molar-refractivity contribution in [1.82, 2.24) is 16.0 Å². The summed E-state index contributed by atoms with van der Waals surface area (Å²) in [5.74, 6) is 0.763. The molecule has 0 aliphatic rings. The van der Waals surface area contributed by atoms with Gasteiger partial charge in [-0.15, -0.1) is 11.3 Å². The lowest BCUT2D eigenvalue weighted by Gasteiger charge is -2.11. The van der Waals surface area contributed by atoms with Crippen LogP contribution in [0.1, 0.15) is 24.3 Å². The second kappa shape index (κ2) is 8.53. The van der Waals surface area contributed by atoms with Gasteiger partial charge in [0.1, 0.15) is 0 Å². The number of amides is 1. The fourth-order valence-corrected chi connectivity index (χ4v) is 2.31. The lowest BCUT2D eigenvalue weighted by Crippen LogP contribution is -2.41. The van der Waals surface area contributed by atoms with E-state index in [-0.39, 0.29) is 5.91 Å². The van der Waals surface area contributed by atoms with Crippen molar-refractivity contribution in [1.29, 1.82) is 0 Å². The van der Waals surface area contributed by atoms with Crippen molar-refractivity contribution in [3.8, 4) is 0 Å². The summed E-state index contributed by atoms with van der Waals surface area (Å²) < 4.78 is 0. The summed E-state index contributed by atoms with van der Waals surface area (Å²) in [6.45, 7) is 8.39. The zero-order valence-corrected chi connectivity index (χ0v) is 12.6. The highest BCUT2D eigenvalue weighted by atomic mass is 32.1. The van der Waals surface area contributed by atoms with E-state index in [0.29, 0.717) is 19.6 Å². The minimum Gasteiger partial charge on any atom is -0.357 e. The Morgan fingerprint density at radius 3 is 2.63 bits per heavy atom. The topological polar surface area (TPSA) is 65.5 Å². The summed E-state index contributed by atoms with van der Waals surface area (Å²) in [6, 6.07) is 2.10. The van der Waals surface area contributed by atoms with Gasteiger partial charge in [-0.25, -0.2) is 4.99 Å². The second-order valence-corrected chi connectivity index (χ2v) is 5.13. The van der Waals surface area contributed by atoms with Gasteiger partial charge in [-0.1, -0.05) is 0 Å². The van der Waals surface area contributed by atoms with Crippen LogP contribution in [0.5, 0.6) is 0 Å². The van der Waals surface area contributed by atoms with Crippen LogP contribution in [0.2, 0.25) is 0 Å². The molecule has 0 radical (unpaired) electrons. The largest absolute Gasteiger partial charge is 0.357 e. The maximum atomic E-state index is 10.7. The van der Waals surface area contributed by atoms with Gasteiger partial charge < -0.3 is 16.0 Å². The average Bonchev–Trinajstić information content (AvgIpc) is 2.77. The number of nitrogens with one attached hydrogen (secondary N) is 3. The van der Waals surface area contributed by atoms with E-state index in [2.05, 4.69) is 39.3 Å². The molecule has 3 N–H and O–H groups in total. The highest BCUT2D eigenvalue weighted by molar-refractivity contribution is 7.10. The van der Waals surface area contributed by atoms with Crippen LogP contribution in [0, 0.1) is 6.92 Å². The molecule has 1 rings (SSSR count). The van der Waals surface area contributed by atoms with Crippen LogP contribution < -0.4 is 16.0 Å². The van der Waals surface area contributed by atoms with Gasteiger partial charge in [0.25, 0.3) is 0 Å². The molecule has 0 saturated carbocycles. The van der Waals surface area contributed by atoms with Gasteiger partial charge in [-0.2, -0.15) is 0 Å². The highest BCUT2D eigenvalue weighted by Gasteiger charge is 2.00. The van der Waals surface area contributed by atoms with Crippen LogP contribution in [-0.2, 0) is 11.3 Å². The molecule has 0 unspecified atom stereocenters. The number of nitrogens with zero attached hydrogens (tertiary/aromatic N) is 1. The normalized spacial score (nSPS) is 11.2. The number of carbonyl (C=O) groups is 1. The first-order chi connectivity index (χ1) is 9.13. The van der Waals surface area contributed by atoms with Crippen LogP contribution in [0.4, 0.5) is 0 Å². The highest BCUT2D eigenvalue weighted by Crippen LogP contribution is 2.16. The van der Waals surface area contributed by atoms with Gasteiger partial charge in [-0.3, -0.25) is 4.79 Å². The van der Waals surface area contributed by atoms with Crippen molar-refractivity contribution in [2.75, 3.05) is 19.6 Å². The van der Waals surface area contributed by atoms with Crippen LogP contribution in [-0.4, -0.2) is 31.5 Å². The molecule has 106 valence electrons. The molecular formula is C13H22N4OS. The Labute approximate surface area is 118 Å². The molecule has 5 nitrogen and oxygen atoms in total. The minimum absolute atomic E-state index is 0.0158. The van der Waals surface area contributed by atoms with Crippen molar-refractivity contribution in [3.05, 3.63) is 21.9 Å². The van der Waals surface area contributed by atoms with E-state index in [1.165, 1.54) is 17.4 Å². The van der Waals surface area contributed by atoms with Crippen molar-refractivity contribution in [3.63, 3.8) is 0 Å². The summed E-state index contributed by atoms with van der Waals surface area (Å²) in [5, 5.41) is 11.2. The lowest BCUT2D eigenvalue weighted by atomic mass is 10.3. The summed E-state index contributed by atoms with van der Waals surface area (Å²) in [5.41, 5.74) is 1.28. The van der Waals surface area contributed by atoms with Gasteiger partial charge in [0.05, 0.1) is 6.54 Å². The second-order valence-electron chi connectivity index (χ2n) is 4.13. The minimum atomic E-state index is -0.0158. The zero-order chi connectivity index (χ0) is 14.1. The van der Waals surface area contributed by atoms with Crippen LogP contribution in [0.15, 0.2) is 16.4 Å². The predicted molar refractivity (Wildman–Crippen MR) is 80.6 cm³/mol. The number of carbonyl (C=O) groups excluding carboxylic acids is 1. The first kappa shape index (κ1) is 15.5. The van der Waals surface area contributed by atoms with Crippen molar-refractivity contribution < 1.29 is 4.79 Å². The van der Waals surface area contributed by atoms with Gasteiger partial charge in [0.15, 0.2) is 5.96 Å². The number of aliphatic imine (C=N–C) groups is 1. The Hall–Kier alpha value is -1.56. The third-order valence-electron chi connectivity index (χ3n) is 2.48. The molecule has 0 fully saturated rings. The van der Waals surface area contributed by atoms with Gasteiger partial charge >= 0.3 is 0 Å². The van der Waals surface area contributed by atoms with Crippen molar-refractivity contribution in [2.45, 2.75) is 27.3 Å². The Morgan fingerprint density at radius 2 is 2.05 bits per heavy atom. The number of guanidine groups is 1. The molecule has 1 heterocycles. The third-order valence-corrected chi connectivity index (χ3v) is 3.49. The SMILES string of the molecule is CCNC(=NCc1sccc1C)NCCNC(C)=O. The molecule has 0 bridgehead atoms. The maximum absolute atomic E-state index is 10.7. The standard InChI is InChI=1S/C13H22N4OS/c1-4-14-13(16-7-6-15-11(3)18)17-9-12-10(2)5-8-19-12/h5,8H,4,6-7,9H2,1-3H3,(H,15,18)(H2,14,16,17). The maximum Gasteiger partial charge on any atom is 0.216 e. The molecule has 0 atom stereocenters. The average molecular weight is 282 g/mol. The summed E-state index contributed by atoms with van der Waals surface area (Å²) >= 11 is 1.72. The number of rotatable bonds is 6. The van der Waals surface area contributed by atoms with Gasteiger partial charge in [0.2, 0.25) is 5.91 Å². The first-order valence-electron chi connectivity index (χ1n) is 6.43. The Kier molecular flexibility index (Phi) is 6.95. The number of hydrogen-bond acceptors (Lipinski definition) is 3. The zero-order valence-electron chi connectivity index (χ0n) is 11.7. The Bertz CT molecular complexity index is 428. The molecule has 19 heavy (non-hydrogen) atoms. The predicted octanol–water partition coefficient (Wildman–Crippen LogP) is 1.25. The Morgan fingerprint density at radius 1 is 1.32 bits per heavy atom. The monoisotopic (exact) mass is 282 g/mol. The molecule has 1 amide bonds. The van der Waals surface area contributed by atoms with E-state index in [0.717, 1.165) is 12.5 Å². The Balaban J connectivity index is 2.42. The third kappa shape index (κ3) is 6.24. The molecule has 1 aromatic heterocycles. The molecule has 6 heteroatoms. The molecule has 0 saturated heterocycles. The summed E-state index contributed by atoms with van der Waals surface area (Å²) in [6.07, 6.45) is 0.